The smallest absolute Gasteiger partial charge is 0.0897 e. The first-order chi connectivity index (χ1) is 10.2. The summed E-state index contributed by atoms with van der Waals surface area (Å²) < 4.78 is 5.71. The van der Waals surface area contributed by atoms with Crippen molar-refractivity contribution in [1.82, 2.24) is 5.32 Å². The Balaban J connectivity index is 1.59. The van der Waals surface area contributed by atoms with Gasteiger partial charge in [-0.3, -0.25) is 0 Å². The standard InChI is InChI=1S/C17H27NO2S/c1-13-6-3-4-7-15(13)11-20-12-16(19)10-18-14(2)17-8-5-9-21-17/h3-5,8-9,13-16,18-19H,6-7,10-12H2,1-2H3/t13?,14-,15?,16?/m0/s1. The van der Waals surface area contributed by atoms with E-state index in [1.54, 1.807) is 11.3 Å². The molecule has 0 spiro atoms. The number of nitrogens with one attached hydrogen (secondary N) is 1. The highest BCUT2D eigenvalue weighted by molar-refractivity contribution is 7.10. The van der Waals surface area contributed by atoms with Gasteiger partial charge in [0.2, 0.25) is 0 Å². The highest BCUT2D eigenvalue weighted by Gasteiger charge is 2.19. The molecule has 2 rings (SSSR count). The summed E-state index contributed by atoms with van der Waals surface area (Å²) in [6, 6.07) is 4.45. The van der Waals surface area contributed by atoms with Crippen molar-refractivity contribution >= 4 is 11.3 Å². The van der Waals surface area contributed by atoms with Gasteiger partial charge in [0.15, 0.2) is 0 Å². The molecule has 1 aliphatic carbocycles. The van der Waals surface area contributed by atoms with Crippen LogP contribution < -0.4 is 5.32 Å². The van der Waals surface area contributed by atoms with Crippen molar-refractivity contribution in [3.63, 3.8) is 0 Å². The van der Waals surface area contributed by atoms with E-state index in [0.717, 1.165) is 19.4 Å². The zero-order chi connectivity index (χ0) is 15.1. The molecular weight excluding hydrogens is 282 g/mol. The van der Waals surface area contributed by atoms with Crippen molar-refractivity contribution in [2.75, 3.05) is 19.8 Å². The number of thiophene rings is 1. The fraction of sp³-hybridized carbons (Fsp3) is 0.647. The molecule has 1 aromatic heterocycles. The molecule has 0 radical (unpaired) electrons. The van der Waals surface area contributed by atoms with Gasteiger partial charge in [-0.15, -0.1) is 11.3 Å². The Kier molecular flexibility index (Phi) is 6.90. The highest BCUT2D eigenvalue weighted by Crippen LogP contribution is 2.25. The molecule has 2 N–H and O–H groups in total. The second kappa shape index (κ2) is 8.69. The Bertz CT molecular complexity index is 418. The van der Waals surface area contributed by atoms with Crippen molar-refractivity contribution in [3.05, 3.63) is 34.5 Å². The van der Waals surface area contributed by atoms with E-state index in [1.807, 2.05) is 0 Å². The normalized spacial score (nSPS) is 24.9. The Hall–Kier alpha value is -0.680. The third kappa shape index (κ3) is 5.55. The predicted octanol–water partition coefficient (Wildman–Crippen LogP) is 3.38. The van der Waals surface area contributed by atoms with Gasteiger partial charge in [0, 0.05) is 17.5 Å². The van der Waals surface area contributed by atoms with E-state index in [4.69, 9.17) is 4.74 Å². The summed E-state index contributed by atoms with van der Waals surface area (Å²) in [4.78, 5) is 1.30. The molecule has 4 atom stereocenters. The van der Waals surface area contributed by atoms with Gasteiger partial charge in [-0.25, -0.2) is 0 Å². The maximum atomic E-state index is 9.99. The molecule has 1 aromatic rings. The van der Waals surface area contributed by atoms with Crippen LogP contribution in [0.4, 0.5) is 0 Å². The Morgan fingerprint density at radius 2 is 2.24 bits per heavy atom. The molecule has 3 unspecified atom stereocenters. The summed E-state index contributed by atoms with van der Waals surface area (Å²) in [5.41, 5.74) is 0. The van der Waals surface area contributed by atoms with Crippen LogP contribution in [0.3, 0.4) is 0 Å². The van der Waals surface area contributed by atoms with Crippen LogP contribution in [0, 0.1) is 11.8 Å². The summed E-state index contributed by atoms with van der Waals surface area (Å²) in [5, 5.41) is 15.4. The van der Waals surface area contributed by atoms with Crippen molar-refractivity contribution in [1.29, 1.82) is 0 Å². The van der Waals surface area contributed by atoms with E-state index in [-0.39, 0.29) is 6.04 Å². The molecular formula is C17H27NO2S. The number of aliphatic hydroxyl groups is 1. The summed E-state index contributed by atoms with van der Waals surface area (Å²) >= 11 is 1.74. The summed E-state index contributed by atoms with van der Waals surface area (Å²) in [6.07, 6.45) is 6.31. The van der Waals surface area contributed by atoms with Crippen LogP contribution in [0.1, 0.15) is 37.6 Å². The van der Waals surface area contributed by atoms with Crippen molar-refractivity contribution in [3.8, 4) is 0 Å². The van der Waals surface area contributed by atoms with Gasteiger partial charge in [0.05, 0.1) is 19.3 Å². The quantitative estimate of drug-likeness (QED) is 0.723. The van der Waals surface area contributed by atoms with Crippen LogP contribution in [0.2, 0.25) is 0 Å². The minimum atomic E-state index is -0.443. The molecule has 0 saturated carbocycles. The SMILES string of the molecule is CC1CC=CCC1COCC(O)CN[C@@H](C)c1cccs1. The summed E-state index contributed by atoms with van der Waals surface area (Å²) in [7, 11) is 0. The minimum Gasteiger partial charge on any atom is -0.389 e. The van der Waals surface area contributed by atoms with E-state index >= 15 is 0 Å². The van der Waals surface area contributed by atoms with Crippen LogP contribution in [0.15, 0.2) is 29.7 Å². The van der Waals surface area contributed by atoms with Gasteiger partial charge in [-0.1, -0.05) is 25.1 Å². The molecule has 0 aromatic carbocycles. The molecule has 0 saturated heterocycles. The molecule has 0 fully saturated rings. The third-order valence-corrected chi connectivity index (χ3v) is 5.24. The molecule has 0 amide bonds. The van der Waals surface area contributed by atoms with E-state index < -0.39 is 6.10 Å². The van der Waals surface area contributed by atoms with Crippen molar-refractivity contribution < 1.29 is 9.84 Å². The number of ether oxygens (including phenoxy) is 1. The monoisotopic (exact) mass is 309 g/mol. The fourth-order valence-corrected chi connectivity index (χ4v) is 3.36. The first-order valence-corrected chi connectivity index (χ1v) is 8.72. The lowest BCUT2D eigenvalue weighted by Crippen LogP contribution is -2.32. The summed E-state index contributed by atoms with van der Waals surface area (Å²) in [6.45, 7) is 6.13. The number of rotatable bonds is 8. The number of hydrogen-bond donors (Lipinski definition) is 2. The van der Waals surface area contributed by atoms with Gasteiger partial charge in [-0.05, 0) is 43.0 Å². The average Bonchev–Trinajstić information content (AvgIpc) is 3.01. The summed E-state index contributed by atoms with van der Waals surface area (Å²) in [5.74, 6) is 1.28. The third-order valence-electron chi connectivity index (χ3n) is 4.19. The van der Waals surface area contributed by atoms with Crippen molar-refractivity contribution in [2.24, 2.45) is 11.8 Å². The fourth-order valence-electron chi connectivity index (χ4n) is 2.60. The Labute approximate surface area is 132 Å². The second-order valence-electron chi connectivity index (χ2n) is 6.02. The lowest BCUT2D eigenvalue weighted by atomic mass is 9.85. The maximum absolute atomic E-state index is 9.99. The van der Waals surface area contributed by atoms with Crippen LogP contribution in [-0.4, -0.2) is 31.0 Å². The Morgan fingerprint density at radius 1 is 1.43 bits per heavy atom. The Morgan fingerprint density at radius 3 is 2.95 bits per heavy atom. The minimum absolute atomic E-state index is 0.281. The number of hydrogen-bond acceptors (Lipinski definition) is 4. The highest BCUT2D eigenvalue weighted by atomic mass is 32.1. The number of allylic oxidation sites excluding steroid dienone is 2. The van der Waals surface area contributed by atoms with Gasteiger partial charge in [0.25, 0.3) is 0 Å². The zero-order valence-corrected chi connectivity index (χ0v) is 13.8. The van der Waals surface area contributed by atoms with Gasteiger partial charge in [-0.2, -0.15) is 0 Å². The van der Waals surface area contributed by atoms with Crippen LogP contribution in [-0.2, 0) is 4.74 Å². The predicted molar refractivity (Wildman–Crippen MR) is 88.6 cm³/mol. The van der Waals surface area contributed by atoms with E-state index in [2.05, 4.69) is 48.8 Å². The van der Waals surface area contributed by atoms with E-state index in [1.165, 1.54) is 4.88 Å². The zero-order valence-electron chi connectivity index (χ0n) is 13.0. The molecule has 0 aliphatic heterocycles. The molecule has 4 heteroatoms. The molecule has 1 heterocycles. The van der Waals surface area contributed by atoms with Crippen LogP contribution in [0.25, 0.3) is 0 Å². The molecule has 21 heavy (non-hydrogen) atoms. The molecule has 1 aliphatic rings. The lowest BCUT2D eigenvalue weighted by molar-refractivity contribution is 0.0121. The van der Waals surface area contributed by atoms with Gasteiger partial charge < -0.3 is 15.2 Å². The largest absolute Gasteiger partial charge is 0.389 e. The van der Waals surface area contributed by atoms with E-state index in [0.29, 0.717) is 25.0 Å². The second-order valence-corrected chi connectivity index (χ2v) is 7.00. The molecule has 118 valence electrons. The van der Waals surface area contributed by atoms with Gasteiger partial charge in [0.1, 0.15) is 0 Å². The van der Waals surface area contributed by atoms with Gasteiger partial charge >= 0.3 is 0 Å². The first kappa shape index (κ1) is 16.7. The first-order valence-electron chi connectivity index (χ1n) is 7.84. The maximum Gasteiger partial charge on any atom is 0.0897 e. The molecule has 0 bridgehead atoms. The van der Waals surface area contributed by atoms with Crippen molar-refractivity contribution in [2.45, 2.75) is 38.8 Å². The van der Waals surface area contributed by atoms with Crippen LogP contribution in [0.5, 0.6) is 0 Å². The molecule has 3 nitrogen and oxygen atoms in total. The lowest BCUT2D eigenvalue weighted by Gasteiger charge is -2.25. The van der Waals surface area contributed by atoms with Crippen LogP contribution >= 0.6 is 11.3 Å². The number of aliphatic hydroxyl groups excluding tert-OH is 1. The van der Waals surface area contributed by atoms with E-state index in [9.17, 15) is 5.11 Å². The topological polar surface area (TPSA) is 41.5 Å². The average molecular weight is 309 g/mol.